The second kappa shape index (κ2) is 8.41. The number of piperidine rings is 1. The Kier molecular flexibility index (Phi) is 5.72. The summed E-state index contributed by atoms with van der Waals surface area (Å²) >= 11 is 0. The van der Waals surface area contributed by atoms with Crippen LogP contribution < -0.4 is 5.32 Å². The molecule has 29 heavy (non-hydrogen) atoms. The average Bonchev–Trinajstić information content (AvgIpc) is 3.48. The summed E-state index contributed by atoms with van der Waals surface area (Å²) < 4.78 is 0. The minimum atomic E-state index is 0.0977. The van der Waals surface area contributed by atoms with Gasteiger partial charge in [-0.15, -0.1) is 5.10 Å². The third kappa shape index (κ3) is 4.88. The number of aromatic nitrogens is 3. The number of hydrogen-bond donors (Lipinski definition) is 2. The highest BCUT2D eigenvalue weighted by Gasteiger charge is 2.44. The molecule has 1 saturated heterocycles. The van der Waals surface area contributed by atoms with Gasteiger partial charge in [0.15, 0.2) is 0 Å². The summed E-state index contributed by atoms with van der Waals surface area (Å²) in [5.41, 5.74) is 4.32. The molecule has 2 fully saturated rings. The van der Waals surface area contributed by atoms with Crippen molar-refractivity contribution in [3.8, 4) is 17.1 Å². The van der Waals surface area contributed by atoms with Crippen molar-refractivity contribution in [2.24, 2.45) is 4.99 Å². The number of nitrogens with one attached hydrogen (secondary N) is 1. The van der Waals surface area contributed by atoms with E-state index < -0.39 is 0 Å². The first kappa shape index (κ1) is 19.7. The molecule has 6 heteroatoms. The minimum Gasteiger partial charge on any atom is -0.506 e. The molecule has 0 radical (unpaired) electrons. The predicted octanol–water partition coefficient (Wildman–Crippen LogP) is 4.09. The van der Waals surface area contributed by atoms with E-state index in [4.69, 9.17) is 0 Å². The van der Waals surface area contributed by atoms with Gasteiger partial charge in [-0.3, -0.25) is 4.99 Å². The van der Waals surface area contributed by atoms with E-state index >= 15 is 0 Å². The zero-order valence-corrected chi connectivity index (χ0v) is 17.2. The lowest BCUT2D eigenvalue weighted by atomic mass is 9.98. The number of rotatable bonds is 2. The third-order valence-corrected chi connectivity index (χ3v) is 5.79. The number of aryl methyl sites for hydroxylation is 1. The standard InChI is InChI=1S/C15H14N4O.C8H15N/c1-10-4-5-13(19-18-10)15-14(20)7-12(9-17-15)11-3-2-6-16-8-11;1-7-3-2-4-8(9-7)5-6-8/h3-5,7-9,20H,2,6H2,1H3;7,9H,2-6H2,1H3. The Morgan fingerprint density at radius 2 is 2.03 bits per heavy atom. The fraction of sp³-hybridized carbons (Fsp3) is 0.478. The summed E-state index contributed by atoms with van der Waals surface area (Å²) in [5.74, 6) is 0.0977. The number of pyridine rings is 1. The van der Waals surface area contributed by atoms with E-state index in [0.29, 0.717) is 16.9 Å². The highest BCUT2D eigenvalue weighted by Crippen LogP contribution is 2.43. The number of nitrogens with zero attached hydrogens (tertiary/aromatic N) is 4. The van der Waals surface area contributed by atoms with Crippen LogP contribution in [0, 0.1) is 6.92 Å². The van der Waals surface area contributed by atoms with Crippen molar-refractivity contribution in [1.82, 2.24) is 20.5 Å². The van der Waals surface area contributed by atoms with Crippen molar-refractivity contribution in [3.05, 3.63) is 41.7 Å². The Bertz CT molecular complexity index is 915. The summed E-state index contributed by atoms with van der Waals surface area (Å²) in [4.78, 5) is 8.53. The number of dihydropyridines is 1. The SMILES string of the molecule is CC1CCCC2(CC2)N1.Cc1ccc(-c2ncc(C3=CCCN=C3)cc2O)nn1. The Morgan fingerprint density at radius 3 is 2.62 bits per heavy atom. The molecular weight excluding hydrogens is 362 g/mol. The molecule has 2 N–H and O–H groups in total. The summed E-state index contributed by atoms with van der Waals surface area (Å²) in [6.07, 6.45) is 13.7. The van der Waals surface area contributed by atoms with E-state index in [-0.39, 0.29) is 5.75 Å². The quantitative estimate of drug-likeness (QED) is 0.805. The van der Waals surface area contributed by atoms with Crippen molar-refractivity contribution in [1.29, 1.82) is 0 Å². The van der Waals surface area contributed by atoms with Crippen LogP contribution in [0.25, 0.3) is 17.0 Å². The van der Waals surface area contributed by atoms with Gasteiger partial charge in [0.05, 0.1) is 5.69 Å². The molecule has 152 valence electrons. The van der Waals surface area contributed by atoms with E-state index in [9.17, 15) is 5.11 Å². The molecule has 1 saturated carbocycles. The monoisotopic (exact) mass is 391 g/mol. The number of hydrogen-bond acceptors (Lipinski definition) is 6. The van der Waals surface area contributed by atoms with Crippen LogP contribution in [0.15, 0.2) is 35.5 Å². The molecule has 1 aliphatic carbocycles. The number of aromatic hydroxyl groups is 1. The molecule has 1 spiro atoms. The molecule has 1 unspecified atom stereocenters. The number of allylic oxidation sites excluding steroid dienone is 1. The van der Waals surface area contributed by atoms with Gasteiger partial charge in [-0.1, -0.05) is 12.5 Å². The molecule has 1 atom stereocenters. The van der Waals surface area contributed by atoms with Crippen LogP contribution in [0.1, 0.15) is 56.7 Å². The lowest BCUT2D eigenvalue weighted by molar-refractivity contribution is 0.319. The molecule has 0 aromatic carbocycles. The molecule has 2 aromatic heterocycles. The topological polar surface area (TPSA) is 83.3 Å². The summed E-state index contributed by atoms with van der Waals surface area (Å²) in [6.45, 7) is 4.99. The predicted molar refractivity (Wildman–Crippen MR) is 116 cm³/mol. The lowest BCUT2D eigenvalue weighted by Crippen LogP contribution is -2.42. The zero-order valence-electron chi connectivity index (χ0n) is 17.2. The van der Waals surface area contributed by atoms with Crippen LogP contribution in [0.5, 0.6) is 5.75 Å². The van der Waals surface area contributed by atoms with Gasteiger partial charge in [0.1, 0.15) is 17.1 Å². The van der Waals surface area contributed by atoms with E-state index in [1.165, 1.54) is 32.1 Å². The van der Waals surface area contributed by atoms with Crippen LogP contribution in [0.3, 0.4) is 0 Å². The second-order valence-corrected chi connectivity index (χ2v) is 8.35. The van der Waals surface area contributed by atoms with Crippen LogP contribution in [-0.4, -0.2) is 44.6 Å². The zero-order chi connectivity index (χ0) is 20.3. The molecule has 3 aliphatic rings. The summed E-state index contributed by atoms with van der Waals surface area (Å²) in [5, 5.41) is 21.8. The molecule has 2 aliphatic heterocycles. The Balaban J connectivity index is 0.000000188. The maximum Gasteiger partial charge on any atom is 0.144 e. The summed E-state index contributed by atoms with van der Waals surface area (Å²) in [7, 11) is 0. The third-order valence-electron chi connectivity index (χ3n) is 5.79. The van der Waals surface area contributed by atoms with Crippen molar-refractivity contribution in [3.63, 3.8) is 0 Å². The largest absolute Gasteiger partial charge is 0.506 e. The molecule has 5 rings (SSSR count). The number of aliphatic imine (C=N–C) groups is 1. The van der Waals surface area contributed by atoms with Crippen LogP contribution in [0.2, 0.25) is 0 Å². The Labute approximate surface area is 172 Å². The van der Waals surface area contributed by atoms with Crippen molar-refractivity contribution in [2.45, 2.75) is 64.0 Å². The average molecular weight is 392 g/mol. The first-order valence-electron chi connectivity index (χ1n) is 10.5. The van der Waals surface area contributed by atoms with Gasteiger partial charge in [-0.2, -0.15) is 5.10 Å². The van der Waals surface area contributed by atoms with E-state index in [1.54, 1.807) is 18.3 Å². The van der Waals surface area contributed by atoms with Gasteiger partial charge < -0.3 is 10.4 Å². The molecule has 2 aromatic rings. The van der Waals surface area contributed by atoms with Crippen LogP contribution >= 0.6 is 0 Å². The summed E-state index contributed by atoms with van der Waals surface area (Å²) in [6, 6.07) is 6.12. The first-order valence-corrected chi connectivity index (χ1v) is 10.5. The van der Waals surface area contributed by atoms with Gasteiger partial charge >= 0.3 is 0 Å². The normalized spacial score (nSPS) is 21.9. The molecule has 0 amide bonds. The second-order valence-electron chi connectivity index (χ2n) is 8.35. The molecule has 6 nitrogen and oxygen atoms in total. The molecule has 0 bridgehead atoms. The maximum atomic E-state index is 10.1. The van der Waals surface area contributed by atoms with Gasteiger partial charge in [0.2, 0.25) is 0 Å². The fourth-order valence-electron chi connectivity index (χ4n) is 4.00. The van der Waals surface area contributed by atoms with Crippen molar-refractivity contribution < 1.29 is 5.11 Å². The van der Waals surface area contributed by atoms with Crippen molar-refractivity contribution >= 4 is 11.8 Å². The Morgan fingerprint density at radius 1 is 1.17 bits per heavy atom. The van der Waals surface area contributed by atoms with Crippen LogP contribution in [-0.2, 0) is 0 Å². The van der Waals surface area contributed by atoms with Crippen LogP contribution in [0.4, 0.5) is 0 Å². The van der Waals surface area contributed by atoms with E-state index in [2.05, 4.69) is 38.5 Å². The minimum absolute atomic E-state index is 0.0977. The van der Waals surface area contributed by atoms with Gasteiger partial charge in [-0.05, 0) is 69.7 Å². The fourth-order valence-corrected chi connectivity index (χ4v) is 4.00. The smallest absolute Gasteiger partial charge is 0.144 e. The molecular formula is C23H29N5O. The highest BCUT2D eigenvalue weighted by molar-refractivity contribution is 6.10. The van der Waals surface area contributed by atoms with Gasteiger partial charge in [0, 0.05) is 36.1 Å². The lowest BCUT2D eigenvalue weighted by Gasteiger charge is -2.28. The van der Waals surface area contributed by atoms with E-state index in [1.807, 2.05) is 19.2 Å². The maximum absolute atomic E-state index is 10.1. The van der Waals surface area contributed by atoms with Gasteiger partial charge in [0.25, 0.3) is 0 Å². The molecule has 4 heterocycles. The first-order chi connectivity index (χ1) is 14.0. The highest BCUT2D eigenvalue weighted by atomic mass is 16.3. The van der Waals surface area contributed by atoms with Gasteiger partial charge in [-0.25, -0.2) is 4.98 Å². The Hall–Kier alpha value is -2.60. The van der Waals surface area contributed by atoms with Crippen molar-refractivity contribution in [2.75, 3.05) is 6.54 Å². The van der Waals surface area contributed by atoms with E-state index in [0.717, 1.165) is 35.8 Å².